The van der Waals surface area contributed by atoms with Crippen molar-refractivity contribution in [1.82, 2.24) is 20.2 Å². The summed E-state index contributed by atoms with van der Waals surface area (Å²) in [5, 5.41) is 11.7. The summed E-state index contributed by atoms with van der Waals surface area (Å²) in [6.07, 6.45) is 0. The molecule has 3 aromatic rings. The van der Waals surface area contributed by atoms with Crippen LogP contribution in [0.2, 0.25) is 0 Å². The lowest BCUT2D eigenvalue weighted by molar-refractivity contribution is 0.632. The van der Waals surface area contributed by atoms with E-state index in [0.717, 1.165) is 11.3 Å². The number of nitrogen functional groups attached to an aromatic ring is 1. The number of halogens is 1. The molecule has 2 N–H and O–H groups in total. The molecule has 1 heterocycles. The van der Waals surface area contributed by atoms with Crippen molar-refractivity contribution in [2.45, 2.75) is 6.92 Å². The highest BCUT2D eigenvalue weighted by molar-refractivity contribution is 5.63. The molecule has 0 aliphatic heterocycles. The third kappa shape index (κ3) is 2.01. The molecule has 0 saturated heterocycles. The van der Waals surface area contributed by atoms with Gasteiger partial charge in [0.15, 0.2) is 5.82 Å². The van der Waals surface area contributed by atoms with Crippen LogP contribution in [0.4, 0.5) is 10.1 Å². The second-order valence-corrected chi connectivity index (χ2v) is 4.44. The van der Waals surface area contributed by atoms with Crippen LogP contribution in [-0.2, 0) is 0 Å². The second-order valence-electron chi connectivity index (χ2n) is 4.44. The molecule has 0 fully saturated rings. The van der Waals surface area contributed by atoms with Crippen LogP contribution in [0.5, 0.6) is 0 Å². The van der Waals surface area contributed by atoms with Crippen LogP contribution in [0.15, 0.2) is 42.5 Å². The maximum atomic E-state index is 13.2. The minimum absolute atomic E-state index is 0.0711. The Morgan fingerprint density at radius 3 is 2.70 bits per heavy atom. The predicted octanol–water partition coefficient (Wildman–Crippen LogP) is 2.36. The van der Waals surface area contributed by atoms with Gasteiger partial charge in [-0.05, 0) is 47.2 Å². The number of hydrogen-bond donors (Lipinski definition) is 1. The number of benzene rings is 2. The molecule has 20 heavy (non-hydrogen) atoms. The van der Waals surface area contributed by atoms with Gasteiger partial charge in [-0.1, -0.05) is 18.2 Å². The van der Waals surface area contributed by atoms with E-state index in [1.165, 1.54) is 12.1 Å². The van der Waals surface area contributed by atoms with E-state index in [1.807, 2.05) is 31.2 Å². The Hall–Kier alpha value is -2.76. The van der Waals surface area contributed by atoms with E-state index in [-0.39, 0.29) is 5.69 Å². The minimum atomic E-state index is -0.455. The molecular formula is C14H12FN5. The number of para-hydroxylation sites is 1. The fourth-order valence-corrected chi connectivity index (χ4v) is 2.01. The first kappa shape index (κ1) is 12.3. The van der Waals surface area contributed by atoms with Crippen LogP contribution in [0.1, 0.15) is 5.56 Å². The third-order valence-corrected chi connectivity index (χ3v) is 3.07. The Bertz CT molecular complexity index is 766. The molecule has 0 saturated carbocycles. The van der Waals surface area contributed by atoms with Gasteiger partial charge in [-0.3, -0.25) is 0 Å². The number of nitrogens with zero attached hydrogens (tertiary/aromatic N) is 4. The number of aromatic nitrogens is 4. The smallest absolute Gasteiger partial charge is 0.187 e. The predicted molar refractivity (Wildman–Crippen MR) is 73.7 cm³/mol. The lowest BCUT2D eigenvalue weighted by atomic mass is 10.1. The van der Waals surface area contributed by atoms with Crippen molar-refractivity contribution in [3.8, 4) is 17.1 Å². The maximum Gasteiger partial charge on any atom is 0.187 e. The fourth-order valence-electron chi connectivity index (χ4n) is 2.01. The lowest BCUT2D eigenvalue weighted by Crippen LogP contribution is -2.02. The first-order chi connectivity index (χ1) is 9.66. The Labute approximate surface area is 114 Å². The van der Waals surface area contributed by atoms with Crippen LogP contribution in [0.25, 0.3) is 17.1 Å². The van der Waals surface area contributed by atoms with Gasteiger partial charge in [-0.25, -0.2) is 4.39 Å². The maximum absolute atomic E-state index is 13.2. The molecule has 3 rings (SSSR count). The molecule has 1 aromatic heterocycles. The molecule has 0 aliphatic rings. The van der Waals surface area contributed by atoms with E-state index in [9.17, 15) is 4.39 Å². The molecular weight excluding hydrogens is 257 g/mol. The van der Waals surface area contributed by atoms with Crippen LogP contribution in [-0.4, -0.2) is 20.2 Å². The Morgan fingerprint density at radius 1 is 1.15 bits per heavy atom. The number of anilines is 1. The van der Waals surface area contributed by atoms with Crippen LogP contribution < -0.4 is 5.73 Å². The van der Waals surface area contributed by atoms with Crippen molar-refractivity contribution in [3.05, 3.63) is 53.8 Å². The normalized spacial score (nSPS) is 10.7. The monoisotopic (exact) mass is 269 g/mol. The van der Waals surface area contributed by atoms with E-state index < -0.39 is 5.82 Å². The summed E-state index contributed by atoms with van der Waals surface area (Å²) in [7, 11) is 0. The number of nitrogens with two attached hydrogens (primary N) is 1. The largest absolute Gasteiger partial charge is 0.396 e. The number of rotatable bonds is 2. The van der Waals surface area contributed by atoms with Gasteiger partial charge in [0.05, 0.1) is 11.4 Å². The van der Waals surface area contributed by atoms with Crippen molar-refractivity contribution in [3.63, 3.8) is 0 Å². The molecule has 0 amide bonds. The standard InChI is InChI=1S/C14H12FN5/c1-9-4-2-3-5-13(9)20-14(17-18-19-20)10-6-7-11(15)12(16)8-10/h2-8H,16H2,1H3. The van der Waals surface area contributed by atoms with Crippen molar-refractivity contribution in [1.29, 1.82) is 0 Å². The highest BCUT2D eigenvalue weighted by Crippen LogP contribution is 2.24. The van der Waals surface area contributed by atoms with Crippen LogP contribution in [0.3, 0.4) is 0 Å². The van der Waals surface area contributed by atoms with Gasteiger partial charge in [0.25, 0.3) is 0 Å². The molecule has 2 aromatic carbocycles. The SMILES string of the molecule is Cc1ccccc1-n1nnnc1-c1ccc(F)c(N)c1. The summed E-state index contributed by atoms with van der Waals surface area (Å²) < 4.78 is 14.9. The highest BCUT2D eigenvalue weighted by Gasteiger charge is 2.13. The summed E-state index contributed by atoms with van der Waals surface area (Å²) in [4.78, 5) is 0. The first-order valence-corrected chi connectivity index (χ1v) is 6.06. The van der Waals surface area contributed by atoms with E-state index >= 15 is 0 Å². The molecule has 0 spiro atoms. The molecule has 100 valence electrons. The van der Waals surface area contributed by atoms with Gasteiger partial charge in [-0.15, -0.1) is 5.10 Å². The van der Waals surface area contributed by atoms with Gasteiger partial charge in [0.1, 0.15) is 5.82 Å². The number of hydrogen-bond acceptors (Lipinski definition) is 4. The molecule has 5 nitrogen and oxygen atoms in total. The zero-order valence-electron chi connectivity index (χ0n) is 10.8. The number of tetrazole rings is 1. The zero-order chi connectivity index (χ0) is 14.1. The molecule has 0 atom stereocenters. The first-order valence-electron chi connectivity index (χ1n) is 6.06. The fraction of sp³-hybridized carbons (Fsp3) is 0.0714. The van der Waals surface area contributed by atoms with E-state index in [2.05, 4.69) is 15.5 Å². The Balaban J connectivity index is 2.15. The van der Waals surface area contributed by atoms with Crippen molar-refractivity contribution in [2.24, 2.45) is 0 Å². The van der Waals surface area contributed by atoms with Gasteiger partial charge < -0.3 is 5.73 Å². The lowest BCUT2D eigenvalue weighted by Gasteiger charge is -2.08. The van der Waals surface area contributed by atoms with Crippen molar-refractivity contribution in [2.75, 3.05) is 5.73 Å². The van der Waals surface area contributed by atoms with Gasteiger partial charge in [0, 0.05) is 5.56 Å². The highest BCUT2D eigenvalue weighted by atomic mass is 19.1. The van der Waals surface area contributed by atoms with Gasteiger partial charge in [-0.2, -0.15) is 4.68 Å². The van der Waals surface area contributed by atoms with Crippen molar-refractivity contribution < 1.29 is 4.39 Å². The van der Waals surface area contributed by atoms with Gasteiger partial charge >= 0.3 is 0 Å². The molecule has 0 bridgehead atoms. The second kappa shape index (κ2) is 4.73. The third-order valence-electron chi connectivity index (χ3n) is 3.07. The summed E-state index contributed by atoms with van der Waals surface area (Å²) >= 11 is 0. The zero-order valence-corrected chi connectivity index (χ0v) is 10.8. The summed E-state index contributed by atoms with van der Waals surface area (Å²) in [6, 6.07) is 12.2. The molecule has 0 unspecified atom stereocenters. The summed E-state index contributed by atoms with van der Waals surface area (Å²) in [5.74, 6) is 0.0645. The Kier molecular flexibility index (Phi) is 2.90. The van der Waals surface area contributed by atoms with E-state index in [0.29, 0.717) is 11.4 Å². The van der Waals surface area contributed by atoms with Crippen molar-refractivity contribution >= 4 is 5.69 Å². The molecule has 0 aliphatic carbocycles. The van der Waals surface area contributed by atoms with Crippen LogP contribution in [0, 0.1) is 12.7 Å². The van der Waals surface area contributed by atoms with Crippen LogP contribution >= 0.6 is 0 Å². The van der Waals surface area contributed by atoms with Gasteiger partial charge in [0.2, 0.25) is 0 Å². The average molecular weight is 269 g/mol. The Morgan fingerprint density at radius 2 is 1.95 bits per heavy atom. The molecule has 0 radical (unpaired) electrons. The molecule has 6 heteroatoms. The van der Waals surface area contributed by atoms with E-state index in [1.54, 1.807) is 10.7 Å². The average Bonchev–Trinajstić information content (AvgIpc) is 2.91. The minimum Gasteiger partial charge on any atom is -0.396 e. The number of aryl methyl sites for hydroxylation is 1. The summed E-state index contributed by atoms with van der Waals surface area (Å²) in [6.45, 7) is 1.97. The quantitative estimate of drug-likeness (QED) is 0.725. The summed E-state index contributed by atoms with van der Waals surface area (Å²) in [5.41, 5.74) is 8.24. The van der Waals surface area contributed by atoms with E-state index in [4.69, 9.17) is 5.73 Å². The topological polar surface area (TPSA) is 69.6 Å².